The first-order chi connectivity index (χ1) is 8.92. The van der Waals surface area contributed by atoms with Crippen molar-refractivity contribution in [3.8, 4) is 0 Å². The van der Waals surface area contributed by atoms with Gasteiger partial charge in [-0.2, -0.15) is 0 Å². The Morgan fingerprint density at radius 2 is 2.05 bits per heavy atom. The van der Waals surface area contributed by atoms with Crippen LogP contribution in [0.3, 0.4) is 0 Å². The Bertz CT molecular complexity index is 290. The summed E-state index contributed by atoms with van der Waals surface area (Å²) in [6.45, 7) is 9.73. The summed E-state index contributed by atoms with van der Waals surface area (Å²) in [6.07, 6.45) is 4.31. The van der Waals surface area contributed by atoms with Crippen LogP contribution in [0, 0.1) is 11.8 Å². The highest BCUT2D eigenvalue weighted by Crippen LogP contribution is 2.40. The van der Waals surface area contributed by atoms with Gasteiger partial charge in [0.2, 0.25) is 5.91 Å². The monoisotopic (exact) mass is 270 g/mol. The molecule has 0 aliphatic heterocycles. The van der Waals surface area contributed by atoms with E-state index in [1.54, 1.807) is 0 Å². The van der Waals surface area contributed by atoms with Crippen molar-refractivity contribution >= 4 is 5.91 Å². The van der Waals surface area contributed by atoms with Gasteiger partial charge in [-0.05, 0) is 51.0 Å². The molecule has 1 aliphatic rings. The molecule has 19 heavy (non-hydrogen) atoms. The van der Waals surface area contributed by atoms with Gasteiger partial charge >= 0.3 is 0 Å². The van der Waals surface area contributed by atoms with Crippen molar-refractivity contribution < 1.29 is 9.53 Å². The molecular weight excluding hydrogens is 240 g/mol. The smallest absolute Gasteiger partial charge is 0.240 e. The lowest BCUT2D eigenvalue weighted by molar-refractivity contribution is -0.129. The summed E-state index contributed by atoms with van der Waals surface area (Å²) in [4.78, 5) is 11.9. The molecule has 0 saturated heterocycles. The first kappa shape index (κ1) is 16.4. The fraction of sp³-hybridized carbons (Fsp3) is 0.933. The lowest BCUT2D eigenvalue weighted by Crippen LogP contribution is -2.61. The third-order valence-corrected chi connectivity index (χ3v) is 3.80. The summed E-state index contributed by atoms with van der Waals surface area (Å²) < 4.78 is 5.91. The first-order valence-electron chi connectivity index (χ1n) is 7.59. The molecule has 1 amide bonds. The summed E-state index contributed by atoms with van der Waals surface area (Å²) >= 11 is 0. The van der Waals surface area contributed by atoms with Gasteiger partial charge in [0.15, 0.2) is 0 Å². The number of hydrogen-bond acceptors (Lipinski definition) is 3. The van der Waals surface area contributed by atoms with Crippen molar-refractivity contribution in [2.45, 2.75) is 65.0 Å². The van der Waals surface area contributed by atoms with Gasteiger partial charge in [-0.15, -0.1) is 0 Å². The van der Waals surface area contributed by atoms with Crippen molar-refractivity contribution in [1.29, 1.82) is 0 Å². The molecule has 0 spiro atoms. The number of hydrogen-bond donors (Lipinski definition) is 2. The lowest BCUT2D eigenvalue weighted by Gasteiger charge is -2.33. The molecular formula is C15H30N2O2. The topological polar surface area (TPSA) is 64.3 Å². The normalized spacial score (nSPS) is 20.3. The first-order valence-corrected chi connectivity index (χ1v) is 7.59. The minimum Gasteiger partial charge on any atom is -0.376 e. The van der Waals surface area contributed by atoms with E-state index in [2.05, 4.69) is 33.0 Å². The summed E-state index contributed by atoms with van der Waals surface area (Å²) in [5, 5.41) is 3.35. The highest BCUT2D eigenvalue weighted by Gasteiger charge is 2.49. The van der Waals surface area contributed by atoms with Crippen molar-refractivity contribution in [2.24, 2.45) is 17.6 Å². The van der Waals surface area contributed by atoms with Gasteiger partial charge < -0.3 is 15.8 Å². The van der Waals surface area contributed by atoms with Crippen molar-refractivity contribution in [2.75, 3.05) is 13.2 Å². The van der Waals surface area contributed by atoms with Crippen LogP contribution in [-0.2, 0) is 9.53 Å². The van der Waals surface area contributed by atoms with Gasteiger partial charge in [-0.25, -0.2) is 0 Å². The molecule has 1 rings (SSSR count). The van der Waals surface area contributed by atoms with E-state index in [0.29, 0.717) is 18.4 Å². The molecule has 0 aromatic rings. The van der Waals surface area contributed by atoms with E-state index < -0.39 is 5.54 Å². The van der Waals surface area contributed by atoms with E-state index in [-0.39, 0.29) is 12.0 Å². The van der Waals surface area contributed by atoms with E-state index in [9.17, 15) is 4.79 Å². The minimum atomic E-state index is -0.652. The Balaban J connectivity index is 2.60. The zero-order chi connectivity index (χ0) is 14.5. The van der Waals surface area contributed by atoms with Crippen molar-refractivity contribution in [3.63, 3.8) is 0 Å². The van der Waals surface area contributed by atoms with Crippen LogP contribution in [0.4, 0.5) is 0 Å². The molecule has 2 atom stereocenters. The second-order valence-corrected chi connectivity index (χ2v) is 6.29. The van der Waals surface area contributed by atoms with Crippen LogP contribution in [0.15, 0.2) is 0 Å². The molecule has 1 saturated carbocycles. The molecule has 0 aromatic carbocycles. The number of ether oxygens (including phenoxy) is 1. The molecule has 4 heteroatoms. The molecule has 4 nitrogen and oxygen atoms in total. The van der Waals surface area contributed by atoms with Gasteiger partial charge in [0.25, 0.3) is 0 Å². The quantitative estimate of drug-likeness (QED) is 0.639. The Labute approximate surface area is 117 Å². The zero-order valence-corrected chi connectivity index (χ0v) is 12.9. The predicted octanol–water partition coefficient (Wildman–Crippen LogP) is 2.07. The van der Waals surface area contributed by atoms with Gasteiger partial charge in [0.05, 0.1) is 12.7 Å². The Kier molecular flexibility index (Phi) is 6.27. The lowest BCUT2D eigenvalue weighted by atomic mass is 9.92. The average Bonchev–Trinajstić information content (AvgIpc) is 3.12. The van der Waals surface area contributed by atoms with Crippen molar-refractivity contribution in [3.05, 3.63) is 0 Å². The molecule has 0 heterocycles. The predicted molar refractivity (Wildman–Crippen MR) is 77.8 cm³/mol. The van der Waals surface area contributed by atoms with Gasteiger partial charge in [0.1, 0.15) is 5.54 Å². The fourth-order valence-corrected chi connectivity index (χ4v) is 2.60. The highest BCUT2D eigenvalue weighted by molar-refractivity contribution is 5.85. The highest BCUT2D eigenvalue weighted by atomic mass is 16.5. The maximum atomic E-state index is 11.9. The van der Waals surface area contributed by atoms with Crippen LogP contribution in [0.2, 0.25) is 0 Å². The molecule has 3 N–H and O–H groups in total. The maximum Gasteiger partial charge on any atom is 0.240 e. The zero-order valence-electron chi connectivity index (χ0n) is 12.9. The number of nitrogens with two attached hydrogens (primary N) is 1. The summed E-state index contributed by atoms with van der Waals surface area (Å²) in [5.74, 6) is 0.686. The van der Waals surface area contributed by atoms with E-state index in [1.807, 2.05) is 0 Å². The second-order valence-electron chi connectivity index (χ2n) is 6.29. The number of nitrogens with one attached hydrogen (secondary N) is 1. The van der Waals surface area contributed by atoms with Crippen LogP contribution >= 0.6 is 0 Å². The van der Waals surface area contributed by atoms with E-state index in [1.165, 1.54) is 0 Å². The van der Waals surface area contributed by atoms with Crippen LogP contribution in [-0.4, -0.2) is 30.7 Å². The average molecular weight is 270 g/mol. The van der Waals surface area contributed by atoms with Crippen LogP contribution in [0.1, 0.15) is 53.4 Å². The molecule has 0 aromatic heterocycles. The minimum absolute atomic E-state index is 0.168. The van der Waals surface area contributed by atoms with Crippen LogP contribution in [0.5, 0.6) is 0 Å². The Hall–Kier alpha value is -0.610. The SMILES string of the molecule is CCCNC(COC(C)CC(C)C)(C(N)=O)C1CC1. The Morgan fingerprint density at radius 1 is 1.42 bits per heavy atom. The standard InChI is InChI=1S/C15H30N2O2/c1-5-8-17-15(14(16)18,13-6-7-13)10-19-12(4)9-11(2)3/h11-13,17H,5-10H2,1-4H3,(H2,16,18). The van der Waals surface area contributed by atoms with Gasteiger partial charge in [-0.1, -0.05) is 20.8 Å². The molecule has 1 aliphatic carbocycles. The molecule has 2 unspecified atom stereocenters. The second kappa shape index (κ2) is 7.25. The van der Waals surface area contributed by atoms with Crippen LogP contribution in [0.25, 0.3) is 0 Å². The largest absolute Gasteiger partial charge is 0.376 e. The number of rotatable bonds is 10. The molecule has 0 bridgehead atoms. The van der Waals surface area contributed by atoms with E-state index in [4.69, 9.17) is 10.5 Å². The summed E-state index contributed by atoms with van der Waals surface area (Å²) in [6, 6.07) is 0. The molecule has 112 valence electrons. The van der Waals surface area contributed by atoms with Gasteiger partial charge in [0, 0.05) is 0 Å². The maximum absolute atomic E-state index is 11.9. The summed E-state index contributed by atoms with van der Waals surface area (Å²) in [7, 11) is 0. The van der Waals surface area contributed by atoms with Gasteiger partial charge in [-0.3, -0.25) is 4.79 Å². The third-order valence-electron chi connectivity index (χ3n) is 3.80. The third kappa shape index (κ3) is 4.77. The number of carbonyl (C=O) groups excluding carboxylic acids is 1. The molecule has 0 radical (unpaired) electrons. The molecule has 1 fully saturated rings. The van der Waals surface area contributed by atoms with E-state index in [0.717, 1.165) is 32.2 Å². The summed E-state index contributed by atoms with van der Waals surface area (Å²) in [5.41, 5.74) is 5.01. The van der Waals surface area contributed by atoms with E-state index >= 15 is 0 Å². The number of carbonyl (C=O) groups is 1. The fourth-order valence-electron chi connectivity index (χ4n) is 2.60. The van der Waals surface area contributed by atoms with Crippen molar-refractivity contribution in [1.82, 2.24) is 5.32 Å². The number of amides is 1. The Morgan fingerprint density at radius 3 is 2.47 bits per heavy atom. The van der Waals surface area contributed by atoms with Crippen LogP contribution < -0.4 is 11.1 Å². The number of primary amides is 1.